The molecule has 1 aromatic heterocycles. The Hall–Kier alpha value is -2.50. The molecule has 0 saturated heterocycles. The Morgan fingerprint density at radius 3 is 2.70 bits per heavy atom. The SMILES string of the molecule is CNc1nccc(C(=O)Nc2cc(F)ccc2C)c1F. The number of carbonyl (C=O) groups excluding carboxylic acids is 1. The maximum atomic E-state index is 13.9. The lowest BCUT2D eigenvalue weighted by molar-refractivity contribution is 0.102. The molecule has 0 atom stereocenters. The highest BCUT2D eigenvalue weighted by Crippen LogP contribution is 2.19. The summed E-state index contributed by atoms with van der Waals surface area (Å²) in [5.74, 6) is -1.90. The number of anilines is 2. The van der Waals surface area contributed by atoms with Crippen molar-refractivity contribution < 1.29 is 13.6 Å². The molecule has 0 bridgehead atoms. The van der Waals surface area contributed by atoms with Crippen LogP contribution in [0.5, 0.6) is 0 Å². The van der Waals surface area contributed by atoms with Crippen molar-refractivity contribution in [2.45, 2.75) is 6.92 Å². The van der Waals surface area contributed by atoms with E-state index in [-0.39, 0.29) is 11.4 Å². The van der Waals surface area contributed by atoms with E-state index in [1.807, 2.05) is 0 Å². The summed E-state index contributed by atoms with van der Waals surface area (Å²) in [6.07, 6.45) is 1.32. The molecule has 0 radical (unpaired) electrons. The van der Waals surface area contributed by atoms with E-state index in [0.29, 0.717) is 11.3 Å². The molecule has 2 N–H and O–H groups in total. The summed E-state index contributed by atoms with van der Waals surface area (Å²) in [5.41, 5.74) is 0.827. The maximum absolute atomic E-state index is 13.9. The summed E-state index contributed by atoms with van der Waals surface area (Å²) >= 11 is 0. The Morgan fingerprint density at radius 2 is 2.00 bits per heavy atom. The summed E-state index contributed by atoms with van der Waals surface area (Å²) in [6, 6.07) is 5.27. The molecule has 0 spiro atoms. The molecule has 1 aromatic carbocycles. The van der Waals surface area contributed by atoms with Crippen molar-refractivity contribution in [2.24, 2.45) is 0 Å². The van der Waals surface area contributed by atoms with Gasteiger partial charge >= 0.3 is 0 Å². The number of pyridine rings is 1. The molecule has 1 amide bonds. The van der Waals surface area contributed by atoms with Gasteiger partial charge in [-0.1, -0.05) is 6.07 Å². The molecule has 0 aliphatic heterocycles. The van der Waals surface area contributed by atoms with Crippen molar-refractivity contribution >= 4 is 17.4 Å². The summed E-state index contributed by atoms with van der Waals surface area (Å²) in [5, 5.41) is 5.03. The normalized spacial score (nSPS) is 10.2. The van der Waals surface area contributed by atoms with Gasteiger partial charge in [0.1, 0.15) is 5.82 Å². The van der Waals surface area contributed by atoms with Crippen molar-refractivity contribution in [3.8, 4) is 0 Å². The number of amides is 1. The molecular weight excluding hydrogens is 264 g/mol. The highest BCUT2D eigenvalue weighted by Gasteiger charge is 2.16. The molecule has 0 aliphatic rings. The maximum Gasteiger partial charge on any atom is 0.258 e. The largest absolute Gasteiger partial charge is 0.371 e. The van der Waals surface area contributed by atoms with Crippen LogP contribution in [0.4, 0.5) is 20.3 Å². The molecule has 2 rings (SSSR count). The predicted molar refractivity (Wildman–Crippen MR) is 72.8 cm³/mol. The average Bonchev–Trinajstić information content (AvgIpc) is 2.43. The summed E-state index contributed by atoms with van der Waals surface area (Å²) in [7, 11) is 1.50. The van der Waals surface area contributed by atoms with Crippen LogP contribution in [-0.2, 0) is 0 Å². The molecule has 2 aromatic rings. The molecule has 0 aliphatic carbocycles. The van der Waals surface area contributed by atoms with Gasteiger partial charge in [0.2, 0.25) is 0 Å². The zero-order chi connectivity index (χ0) is 14.7. The van der Waals surface area contributed by atoms with Gasteiger partial charge in [0.15, 0.2) is 11.6 Å². The topological polar surface area (TPSA) is 54.0 Å². The van der Waals surface area contributed by atoms with Gasteiger partial charge in [0.05, 0.1) is 5.56 Å². The number of halogens is 2. The summed E-state index contributed by atoms with van der Waals surface area (Å²) < 4.78 is 27.1. The van der Waals surface area contributed by atoms with Gasteiger partial charge < -0.3 is 10.6 Å². The number of rotatable bonds is 3. The Kier molecular flexibility index (Phi) is 3.93. The van der Waals surface area contributed by atoms with E-state index in [4.69, 9.17) is 0 Å². The smallest absolute Gasteiger partial charge is 0.258 e. The lowest BCUT2D eigenvalue weighted by atomic mass is 10.1. The van der Waals surface area contributed by atoms with Crippen LogP contribution in [0, 0.1) is 18.6 Å². The first-order valence-corrected chi connectivity index (χ1v) is 5.92. The molecule has 1 heterocycles. The first-order valence-electron chi connectivity index (χ1n) is 5.92. The van der Waals surface area contributed by atoms with Crippen molar-refractivity contribution in [1.82, 2.24) is 4.98 Å². The number of aromatic nitrogens is 1. The van der Waals surface area contributed by atoms with E-state index in [2.05, 4.69) is 15.6 Å². The first kappa shape index (κ1) is 13.9. The molecule has 104 valence electrons. The molecule has 4 nitrogen and oxygen atoms in total. The van der Waals surface area contributed by atoms with E-state index < -0.39 is 17.5 Å². The lowest BCUT2D eigenvalue weighted by Crippen LogP contribution is -2.16. The van der Waals surface area contributed by atoms with E-state index in [0.717, 1.165) is 0 Å². The van der Waals surface area contributed by atoms with Crippen LogP contribution in [0.3, 0.4) is 0 Å². The third kappa shape index (κ3) is 2.74. The third-order valence-electron chi connectivity index (χ3n) is 2.82. The van der Waals surface area contributed by atoms with E-state index in [1.165, 1.54) is 37.5 Å². The molecule has 6 heteroatoms. The van der Waals surface area contributed by atoms with Crippen LogP contribution in [0.15, 0.2) is 30.5 Å². The number of hydrogen-bond acceptors (Lipinski definition) is 3. The van der Waals surface area contributed by atoms with Crippen LogP contribution >= 0.6 is 0 Å². The van der Waals surface area contributed by atoms with Crippen LogP contribution in [0.25, 0.3) is 0 Å². The van der Waals surface area contributed by atoms with Crippen LogP contribution in [0.1, 0.15) is 15.9 Å². The Balaban J connectivity index is 2.31. The zero-order valence-electron chi connectivity index (χ0n) is 11.0. The van der Waals surface area contributed by atoms with Crippen LogP contribution in [-0.4, -0.2) is 17.9 Å². The lowest BCUT2D eigenvalue weighted by Gasteiger charge is -2.10. The predicted octanol–water partition coefficient (Wildman–Crippen LogP) is 2.96. The molecular formula is C14H13F2N3O. The minimum absolute atomic E-state index is 0.0198. The number of nitrogens with one attached hydrogen (secondary N) is 2. The summed E-state index contributed by atoms with van der Waals surface area (Å²) in [4.78, 5) is 15.8. The Labute approximate surface area is 114 Å². The highest BCUT2D eigenvalue weighted by molar-refractivity contribution is 6.05. The van der Waals surface area contributed by atoms with E-state index in [1.54, 1.807) is 6.92 Å². The highest BCUT2D eigenvalue weighted by atomic mass is 19.1. The average molecular weight is 277 g/mol. The van der Waals surface area contributed by atoms with Crippen molar-refractivity contribution in [3.05, 3.63) is 53.2 Å². The van der Waals surface area contributed by atoms with Crippen molar-refractivity contribution in [3.63, 3.8) is 0 Å². The first-order chi connectivity index (χ1) is 9.52. The van der Waals surface area contributed by atoms with Gasteiger partial charge in [-0.3, -0.25) is 4.79 Å². The second-order valence-electron chi connectivity index (χ2n) is 4.18. The zero-order valence-corrected chi connectivity index (χ0v) is 11.0. The minimum Gasteiger partial charge on any atom is -0.371 e. The number of hydrogen-bond donors (Lipinski definition) is 2. The van der Waals surface area contributed by atoms with E-state index >= 15 is 0 Å². The van der Waals surface area contributed by atoms with E-state index in [9.17, 15) is 13.6 Å². The quantitative estimate of drug-likeness (QED) is 0.907. The Morgan fingerprint density at radius 1 is 1.25 bits per heavy atom. The Bertz CT molecular complexity index is 659. The fourth-order valence-corrected chi connectivity index (χ4v) is 1.71. The number of nitrogens with zero attached hydrogens (tertiary/aromatic N) is 1. The fraction of sp³-hybridized carbons (Fsp3) is 0.143. The van der Waals surface area contributed by atoms with Crippen LogP contribution < -0.4 is 10.6 Å². The van der Waals surface area contributed by atoms with Gasteiger partial charge in [-0.25, -0.2) is 13.8 Å². The summed E-state index contributed by atoms with van der Waals surface area (Å²) in [6.45, 7) is 1.72. The second kappa shape index (κ2) is 5.64. The molecule has 20 heavy (non-hydrogen) atoms. The van der Waals surface area contributed by atoms with Crippen LogP contribution in [0.2, 0.25) is 0 Å². The minimum atomic E-state index is -0.749. The number of benzene rings is 1. The van der Waals surface area contributed by atoms with Crippen molar-refractivity contribution in [1.29, 1.82) is 0 Å². The standard InChI is InChI=1S/C14H13F2N3O/c1-8-3-4-9(15)7-11(8)19-14(20)10-5-6-18-13(17-2)12(10)16/h3-7H,1-2H3,(H,17,18)(H,19,20). The number of aryl methyl sites for hydroxylation is 1. The third-order valence-corrected chi connectivity index (χ3v) is 2.82. The van der Waals surface area contributed by atoms with Gasteiger partial charge in [0, 0.05) is 18.9 Å². The van der Waals surface area contributed by atoms with Gasteiger partial charge in [-0.05, 0) is 30.7 Å². The molecule has 0 unspecified atom stereocenters. The van der Waals surface area contributed by atoms with Gasteiger partial charge in [-0.2, -0.15) is 0 Å². The second-order valence-corrected chi connectivity index (χ2v) is 4.18. The monoisotopic (exact) mass is 277 g/mol. The fourth-order valence-electron chi connectivity index (χ4n) is 1.71. The van der Waals surface area contributed by atoms with Crippen molar-refractivity contribution in [2.75, 3.05) is 17.7 Å². The molecule has 0 saturated carbocycles. The molecule has 0 fully saturated rings. The number of carbonyl (C=O) groups is 1. The van der Waals surface area contributed by atoms with Gasteiger partial charge in [0.25, 0.3) is 5.91 Å². The van der Waals surface area contributed by atoms with Gasteiger partial charge in [-0.15, -0.1) is 0 Å².